The van der Waals surface area contributed by atoms with Gasteiger partial charge >= 0.3 is 13.8 Å². The minimum absolute atomic E-state index is 0.0643. The third kappa shape index (κ3) is 20.4. The van der Waals surface area contributed by atoms with E-state index >= 15 is 0 Å². The second kappa shape index (κ2) is 32.3. The van der Waals surface area contributed by atoms with Crippen molar-refractivity contribution >= 4 is 33.9 Å². The number of esters is 1. The van der Waals surface area contributed by atoms with E-state index < -0.39 is 95.2 Å². The Hall–Kier alpha value is -4.62. The second-order valence-corrected chi connectivity index (χ2v) is 28.4. The van der Waals surface area contributed by atoms with Crippen LogP contribution in [0.25, 0.3) is 0 Å². The smallest absolute Gasteiger partial charge is 0.460 e. The van der Waals surface area contributed by atoms with Crippen LogP contribution in [0.15, 0.2) is 121 Å². The maximum absolute atomic E-state index is 14.7. The van der Waals surface area contributed by atoms with Gasteiger partial charge in [0.25, 0.3) is 0 Å². The fourth-order valence-electron chi connectivity index (χ4n) is 10.3. The first-order valence-electron chi connectivity index (χ1n) is 28.4. The van der Waals surface area contributed by atoms with E-state index in [4.69, 9.17) is 37.2 Å². The molecule has 4 aromatic carbocycles. The lowest BCUT2D eigenvalue weighted by atomic mass is 9.79. The molecule has 0 saturated heterocycles. The zero-order valence-electron chi connectivity index (χ0n) is 49.4. The molecular formula is C62H92N3O13PSi. The lowest BCUT2D eigenvalue weighted by Gasteiger charge is -2.48. The summed E-state index contributed by atoms with van der Waals surface area (Å²) in [4.78, 5) is 53.0. The van der Waals surface area contributed by atoms with Gasteiger partial charge in [0.05, 0.1) is 63.4 Å². The van der Waals surface area contributed by atoms with Gasteiger partial charge in [-0.05, 0) is 78.8 Å². The lowest BCUT2D eigenvalue weighted by molar-refractivity contribution is -0.187. The van der Waals surface area contributed by atoms with Crippen LogP contribution >= 0.6 is 7.82 Å². The highest BCUT2D eigenvalue weighted by atomic mass is 31.2. The molecule has 0 aliphatic heterocycles. The third-order valence-corrected chi connectivity index (χ3v) is 21.7. The molecule has 0 heterocycles. The molecule has 18 heteroatoms. The van der Waals surface area contributed by atoms with E-state index in [9.17, 15) is 23.8 Å². The number of phosphoric acid groups is 1. The van der Waals surface area contributed by atoms with E-state index in [1.165, 1.54) is 40.4 Å². The molecule has 80 heavy (non-hydrogen) atoms. The van der Waals surface area contributed by atoms with Gasteiger partial charge in [0, 0.05) is 39.2 Å². The monoisotopic (exact) mass is 1150 g/mol. The van der Waals surface area contributed by atoms with Crippen LogP contribution in [0.2, 0.25) is 18.1 Å². The van der Waals surface area contributed by atoms with Crippen LogP contribution in [0.1, 0.15) is 104 Å². The maximum atomic E-state index is 14.7. The van der Waals surface area contributed by atoms with Gasteiger partial charge in [-0.2, -0.15) is 0 Å². The number of hydrogen-bond acceptors (Lipinski definition) is 13. The Morgan fingerprint density at radius 2 is 0.950 bits per heavy atom. The number of phosphoric ester groups is 1. The molecule has 0 aromatic heterocycles. The molecule has 2 aliphatic rings. The van der Waals surface area contributed by atoms with E-state index in [0.29, 0.717) is 5.92 Å². The van der Waals surface area contributed by atoms with Gasteiger partial charge < -0.3 is 48.5 Å². The van der Waals surface area contributed by atoms with Gasteiger partial charge in [0.1, 0.15) is 18.3 Å². The SMILES string of the molecule is CC(=O)N[C@H]1[C@@H](OCc2ccccc2)[C@H](OCc2ccccc2)[C@@H](COP(=O)(O)O[C@H]2C[C@H](CO[Si](C)(C)C(C)(C)C(C)C)[C@@H](OCc3ccccc3)[C@H](OCc3ccccc3)[C@@H]2NC(C)=O)C[C@@H]1OC(C)=O.CCN(CC)CC. The quantitative estimate of drug-likeness (QED) is 0.0277. The molecule has 2 fully saturated rings. The summed E-state index contributed by atoms with van der Waals surface area (Å²) >= 11 is 0. The first kappa shape index (κ1) is 66.2. The number of carbonyl (C=O) groups is 3. The molecule has 2 saturated carbocycles. The Bertz CT molecular complexity index is 2490. The molecular weight excluding hydrogens is 1050 g/mol. The Kier molecular flexibility index (Phi) is 26.7. The minimum Gasteiger partial charge on any atom is -0.460 e. The van der Waals surface area contributed by atoms with Crippen molar-refractivity contribution in [2.75, 3.05) is 32.8 Å². The maximum Gasteiger partial charge on any atom is 0.472 e. The lowest BCUT2D eigenvalue weighted by Crippen LogP contribution is -2.63. The molecule has 2 amide bonds. The Labute approximate surface area is 478 Å². The van der Waals surface area contributed by atoms with Crippen LogP contribution in [-0.4, -0.2) is 117 Å². The number of nitrogens with one attached hydrogen (secondary N) is 2. The van der Waals surface area contributed by atoms with E-state index in [1.807, 2.05) is 121 Å². The zero-order valence-corrected chi connectivity index (χ0v) is 51.3. The predicted molar refractivity (Wildman–Crippen MR) is 313 cm³/mol. The molecule has 6 rings (SSSR count). The summed E-state index contributed by atoms with van der Waals surface area (Å²) in [5.74, 6) is -2.23. The van der Waals surface area contributed by atoms with Crippen LogP contribution in [0, 0.1) is 17.8 Å². The van der Waals surface area contributed by atoms with Crippen molar-refractivity contribution in [3.63, 3.8) is 0 Å². The summed E-state index contributed by atoms with van der Waals surface area (Å²) in [7, 11) is -7.48. The van der Waals surface area contributed by atoms with E-state index in [1.54, 1.807) is 0 Å². The third-order valence-electron chi connectivity index (χ3n) is 16.1. The van der Waals surface area contributed by atoms with Crippen molar-refractivity contribution in [1.82, 2.24) is 15.5 Å². The van der Waals surface area contributed by atoms with Gasteiger partial charge in [-0.3, -0.25) is 23.4 Å². The van der Waals surface area contributed by atoms with E-state index in [-0.39, 0.29) is 56.8 Å². The number of carbonyl (C=O) groups excluding carboxylic acids is 3. The van der Waals surface area contributed by atoms with Crippen LogP contribution in [-0.2, 0) is 82.5 Å². The number of amides is 2. The van der Waals surface area contributed by atoms with Crippen LogP contribution < -0.4 is 10.6 Å². The van der Waals surface area contributed by atoms with Crippen molar-refractivity contribution in [2.24, 2.45) is 17.8 Å². The summed E-state index contributed by atoms with van der Waals surface area (Å²) in [6.07, 6.45) is -5.22. The topological polar surface area (TPSA) is 190 Å². The molecule has 16 nitrogen and oxygen atoms in total. The predicted octanol–water partition coefficient (Wildman–Crippen LogP) is 10.8. The minimum atomic E-state index is -5.04. The van der Waals surface area contributed by atoms with Gasteiger partial charge in [-0.15, -0.1) is 0 Å². The molecule has 1 unspecified atom stereocenters. The van der Waals surface area contributed by atoms with Crippen molar-refractivity contribution in [2.45, 2.75) is 175 Å². The number of benzene rings is 4. The summed E-state index contributed by atoms with van der Waals surface area (Å²) in [5, 5.41) is 5.84. The molecule has 2 aliphatic carbocycles. The molecule has 442 valence electrons. The van der Waals surface area contributed by atoms with Gasteiger partial charge in [-0.25, -0.2) is 4.57 Å². The standard InChI is InChI=1S/C56H77N2O13PSi.C6H15N/c1-38(2)56(6,7)73(8,9)69-37-47-31-49(51(58-40(4)60)55(67-35-45-28-20-13-21-29-45)53(47)65-33-43-24-16-11-17-25-43)71-72(62,63)68-36-46-30-48(70-41(5)61)50(57-39(3)59)54(66-34-44-26-18-12-19-27-44)52(46)64-32-42-22-14-10-15-23-42;1-4-7(5-2)6-3/h10-29,38,46-55H,30-37H2,1-9H3,(H,57,59)(H,58,60)(H,62,63);4-6H2,1-3H3/t46-,47-,48+,49+,50-,51-,52-,53-,54-,55-;/m1./s1. The van der Waals surface area contributed by atoms with Gasteiger partial charge in [-0.1, -0.05) is 170 Å². The molecule has 0 radical (unpaired) electrons. The molecule has 3 N–H and O–H groups in total. The van der Waals surface area contributed by atoms with Crippen molar-refractivity contribution in [3.05, 3.63) is 144 Å². The Morgan fingerprint density at radius 3 is 1.29 bits per heavy atom. The summed E-state index contributed by atoms with van der Waals surface area (Å²) < 4.78 is 66.8. The average Bonchev–Trinajstić information content (AvgIpc) is 3.45. The fourth-order valence-corrected chi connectivity index (χ4v) is 13.7. The van der Waals surface area contributed by atoms with E-state index in [2.05, 4.69) is 77.1 Å². The van der Waals surface area contributed by atoms with Crippen LogP contribution in [0.4, 0.5) is 0 Å². The van der Waals surface area contributed by atoms with Crippen LogP contribution in [0.3, 0.4) is 0 Å². The van der Waals surface area contributed by atoms with Crippen LogP contribution in [0.5, 0.6) is 0 Å². The number of rotatable bonds is 28. The molecule has 0 bridgehead atoms. The fraction of sp³-hybridized carbons (Fsp3) is 0.565. The number of ether oxygens (including phenoxy) is 5. The Balaban J connectivity index is 0.00000157. The summed E-state index contributed by atoms with van der Waals surface area (Å²) in [6.45, 7) is 27.8. The Morgan fingerprint density at radius 1 is 0.600 bits per heavy atom. The van der Waals surface area contributed by atoms with E-state index in [0.717, 1.165) is 22.3 Å². The largest absolute Gasteiger partial charge is 0.472 e. The molecule has 0 spiro atoms. The van der Waals surface area contributed by atoms with Crippen molar-refractivity contribution in [3.8, 4) is 0 Å². The normalized spacial score (nSPS) is 24.0. The summed E-state index contributed by atoms with van der Waals surface area (Å²) in [5.41, 5.74) is 3.51. The number of hydrogen-bond donors (Lipinski definition) is 3. The molecule has 4 aromatic rings. The van der Waals surface area contributed by atoms with Gasteiger partial charge in [0.15, 0.2) is 8.32 Å². The second-order valence-electron chi connectivity index (χ2n) is 22.4. The first-order chi connectivity index (χ1) is 38.1. The highest BCUT2D eigenvalue weighted by Gasteiger charge is 2.53. The van der Waals surface area contributed by atoms with Crippen molar-refractivity contribution < 1.29 is 61.0 Å². The highest BCUT2D eigenvalue weighted by Crippen LogP contribution is 2.50. The van der Waals surface area contributed by atoms with Gasteiger partial charge in [0.2, 0.25) is 11.8 Å². The van der Waals surface area contributed by atoms with Crippen molar-refractivity contribution in [1.29, 1.82) is 0 Å². The number of nitrogens with zero attached hydrogens (tertiary/aromatic N) is 1. The zero-order chi connectivity index (χ0) is 58.5. The molecule has 11 atom stereocenters. The average molecular weight is 1150 g/mol. The highest BCUT2D eigenvalue weighted by molar-refractivity contribution is 7.47. The first-order valence-corrected chi connectivity index (χ1v) is 32.8. The summed E-state index contributed by atoms with van der Waals surface area (Å²) in [6, 6.07) is 36.5.